The Hall–Kier alpha value is -1.82. The van der Waals surface area contributed by atoms with Crippen LogP contribution in [0.4, 0.5) is 10.5 Å². The van der Waals surface area contributed by atoms with E-state index in [4.69, 9.17) is 16.3 Å². The molecule has 7 heteroatoms. The topological polar surface area (TPSA) is 59.7 Å². The van der Waals surface area contributed by atoms with E-state index in [9.17, 15) is 4.79 Å². The van der Waals surface area contributed by atoms with Gasteiger partial charge in [-0.25, -0.2) is 14.3 Å². The number of nitrogens with zero attached hydrogens (tertiary/aromatic N) is 4. The van der Waals surface area contributed by atoms with E-state index < -0.39 is 5.60 Å². The first-order chi connectivity index (χ1) is 10.3. The van der Waals surface area contributed by atoms with Gasteiger partial charge in [-0.15, -0.1) is 0 Å². The first kappa shape index (κ1) is 13.8. The Morgan fingerprint density at radius 2 is 2.14 bits per heavy atom. The Morgan fingerprint density at radius 1 is 1.41 bits per heavy atom. The summed E-state index contributed by atoms with van der Waals surface area (Å²) in [6.07, 6.45) is 3.46. The smallest absolute Gasteiger partial charge is 0.414 e. The van der Waals surface area contributed by atoms with Crippen molar-refractivity contribution < 1.29 is 9.53 Å². The summed E-state index contributed by atoms with van der Waals surface area (Å²) < 4.78 is 7.29. The van der Waals surface area contributed by atoms with Crippen molar-refractivity contribution in [3.8, 4) is 0 Å². The lowest BCUT2D eigenvalue weighted by Crippen LogP contribution is -2.37. The quantitative estimate of drug-likeness (QED) is 0.748. The van der Waals surface area contributed by atoms with Gasteiger partial charge in [0.25, 0.3) is 0 Å². The molecule has 22 heavy (non-hydrogen) atoms. The number of anilines is 1. The number of carbonyl (C=O) groups is 1. The Bertz CT molecular complexity index is 789. The van der Waals surface area contributed by atoms with E-state index in [2.05, 4.69) is 10.1 Å². The average Bonchev–Trinajstić information content (AvgIpc) is 2.93. The summed E-state index contributed by atoms with van der Waals surface area (Å²) in [6.45, 7) is 6.21. The van der Waals surface area contributed by atoms with Crippen LogP contribution in [0.2, 0.25) is 5.15 Å². The molecule has 0 bridgehead atoms. The molecule has 0 saturated heterocycles. The van der Waals surface area contributed by atoms with Crippen LogP contribution >= 0.6 is 11.6 Å². The number of ether oxygens (including phenoxy) is 1. The van der Waals surface area contributed by atoms with Crippen molar-refractivity contribution in [3.63, 3.8) is 0 Å². The Balaban J connectivity index is 1.82. The molecule has 1 saturated carbocycles. The van der Waals surface area contributed by atoms with Gasteiger partial charge in [0.05, 0.1) is 17.6 Å². The van der Waals surface area contributed by atoms with Gasteiger partial charge in [0, 0.05) is 18.0 Å². The molecule has 6 nitrogen and oxygen atoms in total. The number of rotatable bonds is 0. The van der Waals surface area contributed by atoms with Crippen LogP contribution in [0.25, 0.3) is 5.65 Å². The highest BCUT2D eigenvalue weighted by Gasteiger charge is 2.56. The molecule has 1 amide bonds. The summed E-state index contributed by atoms with van der Waals surface area (Å²) >= 11 is 6.01. The fourth-order valence-corrected chi connectivity index (χ4v) is 3.25. The highest BCUT2D eigenvalue weighted by molar-refractivity contribution is 6.29. The van der Waals surface area contributed by atoms with E-state index in [1.165, 1.54) is 0 Å². The van der Waals surface area contributed by atoms with Crippen molar-refractivity contribution in [2.45, 2.75) is 44.6 Å². The van der Waals surface area contributed by atoms with Crippen LogP contribution in [0.1, 0.15) is 39.3 Å². The van der Waals surface area contributed by atoms with Gasteiger partial charge in [0.1, 0.15) is 5.60 Å². The zero-order valence-corrected chi connectivity index (χ0v) is 13.5. The first-order valence-electron chi connectivity index (χ1n) is 7.34. The maximum Gasteiger partial charge on any atom is 0.414 e. The van der Waals surface area contributed by atoms with E-state index >= 15 is 0 Å². The summed E-state index contributed by atoms with van der Waals surface area (Å²) in [5.41, 5.74) is 1.96. The SMILES string of the molecule is CC(C)(C)OC(=O)N1CC2(CC2)c2c1cnc1cc(Cl)nn21. The lowest BCUT2D eigenvalue weighted by Gasteiger charge is -2.24. The second-order valence-corrected chi connectivity index (χ2v) is 7.46. The van der Waals surface area contributed by atoms with Crippen LogP contribution in [0.5, 0.6) is 0 Å². The van der Waals surface area contributed by atoms with Crippen molar-refractivity contribution >= 4 is 29.0 Å². The van der Waals surface area contributed by atoms with Gasteiger partial charge in [0.2, 0.25) is 0 Å². The maximum absolute atomic E-state index is 12.5. The lowest BCUT2D eigenvalue weighted by molar-refractivity contribution is 0.0581. The molecular formula is C15H17ClN4O2. The summed E-state index contributed by atoms with van der Waals surface area (Å²) in [6, 6.07) is 1.73. The summed E-state index contributed by atoms with van der Waals surface area (Å²) in [5.74, 6) is 0. The van der Waals surface area contributed by atoms with Crippen LogP contribution in [-0.4, -0.2) is 32.8 Å². The van der Waals surface area contributed by atoms with Gasteiger partial charge in [-0.1, -0.05) is 11.6 Å². The third kappa shape index (κ3) is 1.97. The minimum absolute atomic E-state index is 0.0250. The van der Waals surface area contributed by atoms with E-state index in [-0.39, 0.29) is 11.5 Å². The second-order valence-electron chi connectivity index (χ2n) is 7.08. The average molecular weight is 321 g/mol. The van der Waals surface area contributed by atoms with Gasteiger partial charge in [-0.05, 0) is 33.6 Å². The standard InChI is InChI=1S/C15H17ClN4O2/c1-14(2,3)22-13(21)19-8-15(4-5-15)12-9(19)7-17-11-6-10(16)18-20(11)12/h6-7H,4-5,8H2,1-3H3. The summed E-state index contributed by atoms with van der Waals surface area (Å²) in [7, 11) is 0. The molecule has 0 N–H and O–H groups in total. The van der Waals surface area contributed by atoms with E-state index in [0.29, 0.717) is 17.3 Å². The van der Waals surface area contributed by atoms with Crippen LogP contribution in [0.3, 0.4) is 0 Å². The molecule has 1 aliphatic carbocycles. The van der Waals surface area contributed by atoms with Crippen molar-refractivity contribution in [2.24, 2.45) is 0 Å². The third-order valence-corrected chi connectivity index (χ3v) is 4.34. The molecule has 1 fully saturated rings. The lowest BCUT2D eigenvalue weighted by atomic mass is 10.1. The molecule has 0 aromatic carbocycles. The Kier molecular flexibility index (Phi) is 2.59. The molecular weight excluding hydrogens is 304 g/mol. The molecule has 2 aromatic heterocycles. The molecule has 0 unspecified atom stereocenters. The zero-order valence-electron chi connectivity index (χ0n) is 12.8. The van der Waals surface area contributed by atoms with Crippen LogP contribution in [0.15, 0.2) is 12.3 Å². The summed E-state index contributed by atoms with van der Waals surface area (Å²) in [5, 5.41) is 4.74. The van der Waals surface area contributed by atoms with E-state index in [0.717, 1.165) is 24.2 Å². The molecule has 1 spiro atoms. The third-order valence-electron chi connectivity index (χ3n) is 4.16. The van der Waals surface area contributed by atoms with Gasteiger partial charge >= 0.3 is 6.09 Å². The number of fused-ring (bicyclic) bond motifs is 4. The van der Waals surface area contributed by atoms with Gasteiger partial charge in [0.15, 0.2) is 10.8 Å². The highest BCUT2D eigenvalue weighted by Crippen LogP contribution is 2.56. The fourth-order valence-electron chi connectivity index (χ4n) is 3.08. The highest BCUT2D eigenvalue weighted by atomic mass is 35.5. The molecule has 0 atom stereocenters. The molecule has 116 valence electrons. The van der Waals surface area contributed by atoms with Crippen LogP contribution in [0, 0.1) is 0 Å². The number of hydrogen-bond donors (Lipinski definition) is 0. The molecule has 4 rings (SSSR count). The van der Waals surface area contributed by atoms with E-state index in [1.807, 2.05) is 20.8 Å². The number of carbonyl (C=O) groups excluding carboxylic acids is 1. The monoisotopic (exact) mass is 320 g/mol. The Morgan fingerprint density at radius 3 is 2.77 bits per heavy atom. The second kappa shape index (κ2) is 4.13. The Labute approximate surface area is 133 Å². The maximum atomic E-state index is 12.5. The first-order valence-corrected chi connectivity index (χ1v) is 7.72. The number of hydrogen-bond acceptors (Lipinski definition) is 4. The predicted molar refractivity (Wildman–Crippen MR) is 82.5 cm³/mol. The number of amides is 1. The minimum Gasteiger partial charge on any atom is -0.443 e. The van der Waals surface area contributed by atoms with Crippen molar-refractivity contribution in [3.05, 3.63) is 23.1 Å². The van der Waals surface area contributed by atoms with Crippen LogP contribution < -0.4 is 4.90 Å². The van der Waals surface area contributed by atoms with Crippen molar-refractivity contribution in [1.82, 2.24) is 14.6 Å². The summed E-state index contributed by atoms with van der Waals surface area (Å²) in [4.78, 5) is 18.5. The molecule has 1 aliphatic heterocycles. The molecule has 0 radical (unpaired) electrons. The molecule has 2 aromatic rings. The zero-order chi connectivity index (χ0) is 15.7. The molecule has 2 aliphatic rings. The van der Waals surface area contributed by atoms with E-state index in [1.54, 1.807) is 21.7 Å². The fraction of sp³-hybridized carbons (Fsp3) is 0.533. The minimum atomic E-state index is -0.525. The van der Waals surface area contributed by atoms with Crippen LogP contribution in [-0.2, 0) is 10.2 Å². The largest absolute Gasteiger partial charge is 0.443 e. The number of halogens is 1. The molecule has 3 heterocycles. The van der Waals surface area contributed by atoms with Crippen molar-refractivity contribution in [2.75, 3.05) is 11.4 Å². The van der Waals surface area contributed by atoms with Crippen molar-refractivity contribution in [1.29, 1.82) is 0 Å². The van der Waals surface area contributed by atoms with Gasteiger partial charge in [-0.2, -0.15) is 5.10 Å². The van der Waals surface area contributed by atoms with Gasteiger partial charge < -0.3 is 4.74 Å². The normalized spacial score (nSPS) is 18.8. The number of aromatic nitrogens is 3. The predicted octanol–water partition coefficient (Wildman–Crippen LogP) is 3.17. The van der Waals surface area contributed by atoms with Gasteiger partial charge in [-0.3, -0.25) is 4.90 Å².